The lowest BCUT2D eigenvalue weighted by atomic mass is 10.0. The monoisotopic (exact) mass is 279 g/mol. The van der Waals surface area contributed by atoms with Crippen molar-refractivity contribution in [2.75, 3.05) is 6.54 Å². The number of nitrogens with zero attached hydrogens (tertiary/aromatic N) is 1. The number of benzene rings is 2. The molecule has 1 aromatic heterocycles. The fraction of sp³-hybridized carbons (Fsp3) is 0.176. The van der Waals surface area contributed by atoms with Crippen LogP contribution in [0.15, 0.2) is 54.7 Å². The van der Waals surface area contributed by atoms with Crippen molar-refractivity contribution < 1.29 is 4.79 Å². The van der Waals surface area contributed by atoms with E-state index in [1.54, 1.807) is 6.20 Å². The number of fused-ring (bicyclic) bond motifs is 1. The molecule has 0 spiro atoms. The van der Waals surface area contributed by atoms with Gasteiger partial charge in [-0.05, 0) is 23.6 Å². The molecule has 1 amide bonds. The quantitative estimate of drug-likeness (QED) is 0.771. The Balaban J connectivity index is 1.66. The van der Waals surface area contributed by atoms with E-state index in [1.807, 2.05) is 36.4 Å². The minimum absolute atomic E-state index is 0.0609. The summed E-state index contributed by atoms with van der Waals surface area (Å²) in [4.78, 5) is 12.2. The summed E-state index contributed by atoms with van der Waals surface area (Å²) in [5, 5.41) is 10.8. The van der Waals surface area contributed by atoms with Gasteiger partial charge in [0.15, 0.2) is 0 Å². The van der Waals surface area contributed by atoms with E-state index < -0.39 is 0 Å². The number of amides is 1. The second-order valence-corrected chi connectivity index (χ2v) is 5.19. The second kappa shape index (κ2) is 5.79. The third kappa shape index (κ3) is 2.94. The predicted octanol–water partition coefficient (Wildman–Crippen LogP) is 3.10. The van der Waals surface area contributed by atoms with Crippen molar-refractivity contribution in [2.24, 2.45) is 0 Å². The summed E-state index contributed by atoms with van der Waals surface area (Å²) in [5.74, 6) is 0.223. The molecule has 0 saturated carbocycles. The lowest BCUT2D eigenvalue weighted by molar-refractivity contribution is 0.0952. The van der Waals surface area contributed by atoms with Crippen LogP contribution in [0.25, 0.3) is 10.9 Å². The van der Waals surface area contributed by atoms with Gasteiger partial charge >= 0.3 is 0 Å². The van der Waals surface area contributed by atoms with Gasteiger partial charge in [-0.3, -0.25) is 9.89 Å². The van der Waals surface area contributed by atoms with Gasteiger partial charge in [0, 0.05) is 17.5 Å². The molecular formula is C17H17N3O. The molecule has 0 radical (unpaired) electrons. The molecule has 4 nitrogen and oxygen atoms in total. The van der Waals surface area contributed by atoms with Gasteiger partial charge < -0.3 is 5.32 Å². The first-order valence-electron chi connectivity index (χ1n) is 7.00. The van der Waals surface area contributed by atoms with E-state index in [2.05, 4.69) is 34.6 Å². The molecule has 3 aromatic rings. The van der Waals surface area contributed by atoms with Crippen molar-refractivity contribution in [3.63, 3.8) is 0 Å². The van der Waals surface area contributed by atoms with Crippen LogP contribution in [0.1, 0.15) is 28.8 Å². The SMILES string of the molecule is C[C@@H](CNC(=O)c1ccc2cn[nH]c2c1)c1ccccc1. The van der Waals surface area contributed by atoms with Crippen molar-refractivity contribution in [3.8, 4) is 0 Å². The number of H-pyrrole nitrogens is 1. The summed E-state index contributed by atoms with van der Waals surface area (Å²) in [5.41, 5.74) is 2.74. The fourth-order valence-electron chi connectivity index (χ4n) is 2.33. The van der Waals surface area contributed by atoms with Crippen molar-refractivity contribution in [1.29, 1.82) is 0 Å². The first-order valence-corrected chi connectivity index (χ1v) is 7.00. The topological polar surface area (TPSA) is 57.8 Å². The zero-order valence-corrected chi connectivity index (χ0v) is 11.8. The number of hydrogen-bond acceptors (Lipinski definition) is 2. The highest BCUT2D eigenvalue weighted by Crippen LogP contribution is 2.15. The van der Waals surface area contributed by atoms with Crippen molar-refractivity contribution in [2.45, 2.75) is 12.8 Å². The number of aromatic nitrogens is 2. The van der Waals surface area contributed by atoms with E-state index in [1.165, 1.54) is 5.56 Å². The fourth-order valence-corrected chi connectivity index (χ4v) is 2.33. The number of rotatable bonds is 4. The van der Waals surface area contributed by atoms with Crippen molar-refractivity contribution >= 4 is 16.8 Å². The van der Waals surface area contributed by atoms with Gasteiger partial charge in [-0.15, -0.1) is 0 Å². The Labute approximate surface area is 123 Å². The smallest absolute Gasteiger partial charge is 0.251 e. The summed E-state index contributed by atoms with van der Waals surface area (Å²) in [6, 6.07) is 15.7. The number of carbonyl (C=O) groups excluding carboxylic acids is 1. The van der Waals surface area contributed by atoms with E-state index in [0.717, 1.165) is 10.9 Å². The van der Waals surface area contributed by atoms with E-state index in [-0.39, 0.29) is 11.8 Å². The zero-order chi connectivity index (χ0) is 14.7. The maximum absolute atomic E-state index is 12.2. The summed E-state index contributed by atoms with van der Waals surface area (Å²) in [6.07, 6.45) is 1.74. The minimum Gasteiger partial charge on any atom is -0.351 e. The summed E-state index contributed by atoms with van der Waals surface area (Å²) in [6.45, 7) is 2.72. The Morgan fingerprint density at radius 2 is 2.05 bits per heavy atom. The van der Waals surface area contributed by atoms with Crippen LogP contribution >= 0.6 is 0 Å². The Morgan fingerprint density at radius 3 is 2.86 bits per heavy atom. The normalized spacial score (nSPS) is 12.2. The highest BCUT2D eigenvalue weighted by atomic mass is 16.1. The van der Waals surface area contributed by atoms with Crippen LogP contribution in [0.5, 0.6) is 0 Å². The van der Waals surface area contributed by atoms with E-state index in [0.29, 0.717) is 12.1 Å². The molecule has 21 heavy (non-hydrogen) atoms. The van der Waals surface area contributed by atoms with Gasteiger partial charge in [-0.1, -0.05) is 43.3 Å². The lowest BCUT2D eigenvalue weighted by Crippen LogP contribution is -2.27. The van der Waals surface area contributed by atoms with Crippen LogP contribution in [0, 0.1) is 0 Å². The number of nitrogens with one attached hydrogen (secondary N) is 2. The molecule has 0 unspecified atom stereocenters. The number of aromatic amines is 1. The predicted molar refractivity (Wildman–Crippen MR) is 83.3 cm³/mol. The molecule has 2 aromatic carbocycles. The molecule has 0 fully saturated rings. The van der Waals surface area contributed by atoms with Gasteiger partial charge in [0.2, 0.25) is 0 Å². The van der Waals surface area contributed by atoms with Gasteiger partial charge in [-0.2, -0.15) is 5.10 Å². The van der Waals surface area contributed by atoms with Crippen LogP contribution in [0.4, 0.5) is 0 Å². The molecule has 2 N–H and O–H groups in total. The standard InChI is InChI=1S/C17H17N3O/c1-12(13-5-3-2-4-6-13)10-18-17(21)14-7-8-15-11-19-20-16(15)9-14/h2-9,11-12H,10H2,1H3,(H,18,21)(H,19,20)/t12-/m0/s1. The highest BCUT2D eigenvalue weighted by molar-refractivity contribution is 5.97. The van der Waals surface area contributed by atoms with Crippen LogP contribution in [-0.4, -0.2) is 22.6 Å². The van der Waals surface area contributed by atoms with Crippen molar-refractivity contribution in [3.05, 3.63) is 65.9 Å². The first-order chi connectivity index (χ1) is 10.2. The first kappa shape index (κ1) is 13.4. The lowest BCUT2D eigenvalue weighted by Gasteiger charge is -2.13. The molecule has 0 aliphatic carbocycles. The van der Waals surface area contributed by atoms with Crippen molar-refractivity contribution in [1.82, 2.24) is 15.5 Å². The van der Waals surface area contributed by atoms with Gasteiger partial charge in [0.05, 0.1) is 11.7 Å². The van der Waals surface area contributed by atoms with Gasteiger partial charge in [0.25, 0.3) is 5.91 Å². The van der Waals surface area contributed by atoms with Crippen LogP contribution in [0.2, 0.25) is 0 Å². The van der Waals surface area contributed by atoms with Crippen LogP contribution < -0.4 is 5.32 Å². The van der Waals surface area contributed by atoms with Gasteiger partial charge in [-0.25, -0.2) is 0 Å². The molecule has 1 atom stereocenters. The van der Waals surface area contributed by atoms with E-state index in [9.17, 15) is 4.79 Å². The Morgan fingerprint density at radius 1 is 1.24 bits per heavy atom. The average Bonchev–Trinajstić information content (AvgIpc) is 3.00. The molecule has 0 aliphatic heterocycles. The Bertz CT molecular complexity index is 749. The summed E-state index contributed by atoms with van der Waals surface area (Å²) < 4.78 is 0. The largest absolute Gasteiger partial charge is 0.351 e. The zero-order valence-electron chi connectivity index (χ0n) is 11.8. The molecule has 4 heteroatoms. The molecule has 3 rings (SSSR count). The number of carbonyl (C=O) groups is 1. The third-order valence-electron chi connectivity index (χ3n) is 3.64. The molecule has 0 aliphatic rings. The Hall–Kier alpha value is -2.62. The van der Waals surface area contributed by atoms with Crippen LogP contribution in [0.3, 0.4) is 0 Å². The van der Waals surface area contributed by atoms with E-state index in [4.69, 9.17) is 0 Å². The maximum atomic E-state index is 12.2. The summed E-state index contributed by atoms with van der Waals surface area (Å²) in [7, 11) is 0. The molecular weight excluding hydrogens is 262 g/mol. The molecule has 106 valence electrons. The molecule has 0 bridgehead atoms. The molecule has 0 saturated heterocycles. The number of hydrogen-bond donors (Lipinski definition) is 2. The minimum atomic E-state index is -0.0609. The average molecular weight is 279 g/mol. The summed E-state index contributed by atoms with van der Waals surface area (Å²) >= 11 is 0. The highest BCUT2D eigenvalue weighted by Gasteiger charge is 2.10. The van der Waals surface area contributed by atoms with Gasteiger partial charge in [0.1, 0.15) is 0 Å². The second-order valence-electron chi connectivity index (χ2n) is 5.19. The maximum Gasteiger partial charge on any atom is 0.251 e. The third-order valence-corrected chi connectivity index (χ3v) is 3.64. The molecule has 1 heterocycles. The van der Waals surface area contributed by atoms with E-state index >= 15 is 0 Å². The van der Waals surface area contributed by atoms with Crippen LogP contribution in [-0.2, 0) is 0 Å². The Kier molecular flexibility index (Phi) is 3.69.